The van der Waals surface area contributed by atoms with Crippen molar-refractivity contribution in [3.63, 3.8) is 0 Å². The number of rotatable bonds is 6. The Balaban J connectivity index is 1.25. The summed E-state index contributed by atoms with van der Waals surface area (Å²) < 4.78 is 1.86. The number of carbonyl (C=O) groups excluding carboxylic acids is 1. The van der Waals surface area contributed by atoms with Crippen LogP contribution in [0.4, 0.5) is 0 Å². The fourth-order valence-electron chi connectivity index (χ4n) is 7.42. The lowest BCUT2D eigenvalue weighted by molar-refractivity contribution is 0.0497. The lowest BCUT2D eigenvalue weighted by Crippen LogP contribution is -2.50. The van der Waals surface area contributed by atoms with Crippen molar-refractivity contribution in [1.82, 2.24) is 19.8 Å². The van der Waals surface area contributed by atoms with E-state index < -0.39 is 11.9 Å². The molecule has 2 aromatic carbocycles. The molecular formula is C32H38N4O4. The van der Waals surface area contributed by atoms with Crippen LogP contribution in [0, 0.1) is 0 Å². The number of amides is 1. The summed E-state index contributed by atoms with van der Waals surface area (Å²) in [6.45, 7) is 0.177. The largest absolute Gasteiger partial charge is 0.478 e. The van der Waals surface area contributed by atoms with Gasteiger partial charge in [-0.1, -0.05) is 56.4 Å². The van der Waals surface area contributed by atoms with Gasteiger partial charge in [-0.15, -0.1) is 0 Å². The number of nitrogens with zero attached hydrogens (tertiary/aromatic N) is 3. The third kappa shape index (κ3) is 5.29. The molecule has 1 amide bonds. The van der Waals surface area contributed by atoms with Crippen LogP contribution in [0.3, 0.4) is 0 Å². The van der Waals surface area contributed by atoms with Crippen molar-refractivity contribution in [3.05, 3.63) is 75.7 Å². The molecule has 2 aliphatic heterocycles. The Morgan fingerprint density at radius 3 is 2.15 bits per heavy atom. The van der Waals surface area contributed by atoms with Crippen molar-refractivity contribution in [2.75, 3.05) is 0 Å². The van der Waals surface area contributed by atoms with Gasteiger partial charge in [-0.2, -0.15) is 0 Å². The molecule has 2 N–H and O–H groups in total. The maximum absolute atomic E-state index is 13.9. The van der Waals surface area contributed by atoms with Crippen LogP contribution in [-0.4, -0.2) is 49.6 Å². The Morgan fingerprint density at radius 1 is 0.825 bits per heavy atom. The van der Waals surface area contributed by atoms with Gasteiger partial charge in [-0.3, -0.25) is 14.5 Å². The molecule has 2 atom stereocenters. The summed E-state index contributed by atoms with van der Waals surface area (Å²) in [6, 6.07) is 15.6. The van der Waals surface area contributed by atoms with E-state index in [2.05, 4.69) is 15.2 Å². The van der Waals surface area contributed by atoms with Gasteiger partial charge in [0.1, 0.15) is 0 Å². The molecule has 8 heteroatoms. The molecule has 8 nitrogen and oxygen atoms in total. The maximum Gasteiger partial charge on any atom is 0.335 e. The lowest BCUT2D eigenvalue weighted by atomic mass is 9.89. The van der Waals surface area contributed by atoms with Gasteiger partial charge in [0.15, 0.2) is 5.69 Å². The third-order valence-corrected chi connectivity index (χ3v) is 9.29. The fraction of sp³-hybridized carbons (Fsp3) is 0.500. The van der Waals surface area contributed by atoms with Crippen LogP contribution in [0.5, 0.6) is 0 Å². The minimum atomic E-state index is -1.000. The average Bonchev–Trinajstić information content (AvgIpc) is 3.20. The highest BCUT2D eigenvalue weighted by molar-refractivity contribution is 5.94. The molecule has 0 spiro atoms. The van der Waals surface area contributed by atoms with Gasteiger partial charge in [0, 0.05) is 30.7 Å². The first kappa shape index (κ1) is 26.7. The van der Waals surface area contributed by atoms with Crippen molar-refractivity contribution in [1.29, 1.82) is 0 Å². The summed E-state index contributed by atoms with van der Waals surface area (Å²) in [7, 11) is 0. The molecule has 40 heavy (non-hydrogen) atoms. The smallest absolute Gasteiger partial charge is 0.335 e. The van der Waals surface area contributed by atoms with Gasteiger partial charge < -0.3 is 15.0 Å². The van der Waals surface area contributed by atoms with Crippen LogP contribution < -0.4 is 10.9 Å². The van der Waals surface area contributed by atoms with Gasteiger partial charge in [-0.25, -0.2) is 9.78 Å². The normalized spacial score (nSPS) is 23.9. The molecular weight excluding hydrogens is 504 g/mol. The summed E-state index contributed by atoms with van der Waals surface area (Å²) in [5.74, 6) is -1.51. The monoisotopic (exact) mass is 542 g/mol. The van der Waals surface area contributed by atoms with Crippen LogP contribution in [0.25, 0.3) is 11.0 Å². The van der Waals surface area contributed by atoms with Gasteiger partial charge >= 0.3 is 5.97 Å². The molecule has 1 saturated carbocycles. The molecule has 3 fully saturated rings. The number of benzene rings is 2. The standard InChI is InChI=1S/C32H38N4O4/c37-30(33-20-21-12-14-22(15-13-21)32(39)40)29-31(38)36(28-11-7-6-10-27(28)34-29)26-18-24-16-17-25(19-26)35(24)23-8-4-2-1-3-5-9-23/h6-7,10-15,23-26H,1-5,8-9,16-20H2,(H,33,37)(H,39,40). The van der Waals surface area contributed by atoms with Crippen molar-refractivity contribution in [2.24, 2.45) is 0 Å². The Labute approximate surface area is 234 Å². The van der Waals surface area contributed by atoms with E-state index in [1.165, 1.54) is 69.9 Å². The van der Waals surface area contributed by atoms with Gasteiger partial charge in [0.05, 0.1) is 16.6 Å². The first-order chi connectivity index (χ1) is 19.5. The number of fused-ring (bicyclic) bond motifs is 3. The Kier molecular flexibility index (Phi) is 7.69. The summed E-state index contributed by atoms with van der Waals surface area (Å²) in [5, 5.41) is 11.9. The molecule has 6 rings (SSSR count). The molecule has 3 aromatic rings. The second-order valence-corrected chi connectivity index (χ2v) is 11.8. The predicted octanol–water partition coefficient (Wildman–Crippen LogP) is 5.31. The highest BCUT2D eigenvalue weighted by Gasteiger charge is 2.44. The maximum atomic E-state index is 13.9. The zero-order valence-corrected chi connectivity index (χ0v) is 22.9. The van der Waals surface area contributed by atoms with Gasteiger partial charge in [0.2, 0.25) is 0 Å². The van der Waals surface area contributed by atoms with Crippen LogP contribution in [-0.2, 0) is 6.54 Å². The number of para-hydroxylation sites is 2. The summed E-state index contributed by atoms with van der Waals surface area (Å²) in [4.78, 5) is 45.6. The SMILES string of the molecule is O=C(O)c1ccc(CNC(=O)c2nc3ccccc3n(C3CC4CCC(C3)N4C3CCCCCCC3)c2=O)cc1. The predicted molar refractivity (Wildman–Crippen MR) is 154 cm³/mol. The topological polar surface area (TPSA) is 105 Å². The molecule has 0 radical (unpaired) electrons. The van der Waals surface area contributed by atoms with Crippen molar-refractivity contribution < 1.29 is 14.7 Å². The first-order valence-electron chi connectivity index (χ1n) is 14.9. The number of aromatic nitrogens is 2. The van der Waals surface area contributed by atoms with E-state index in [1.54, 1.807) is 12.1 Å². The number of nitrogens with one attached hydrogen (secondary N) is 1. The molecule has 3 aliphatic rings. The van der Waals surface area contributed by atoms with E-state index in [1.807, 2.05) is 28.8 Å². The van der Waals surface area contributed by atoms with Crippen molar-refractivity contribution >= 4 is 22.9 Å². The molecule has 1 aromatic heterocycles. The zero-order valence-electron chi connectivity index (χ0n) is 22.9. The average molecular weight is 543 g/mol. The van der Waals surface area contributed by atoms with Crippen molar-refractivity contribution in [2.45, 2.75) is 101 Å². The van der Waals surface area contributed by atoms with E-state index in [0.717, 1.165) is 23.9 Å². The number of carboxylic acid groups (broad SMARTS) is 1. The Hall–Kier alpha value is -3.52. The number of piperidine rings is 1. The molecule has 210 valence electrons. The van der Waals surface area contributed by atoms with Crippen LogP contribution in [0.2, 0.25) is 0 Å². The van der Waals surface area contributed by atoms with Gasteiger partial charge in [-0.05, 0) is 68.4 Å². The summed E-state index contributed by atoms with van der Waals surface area (Å²) >= 11 is 0. The van der Waals surface area contributed by atoms with Crippen LogP contribution >= 0.6 is 0 Å². The third-order valence-electron chi connectivity index (χ3n) is 9.29. The lowest BCUT2D eigenvalue weighted by Gasteiger charge is -2.45. The van der Waals surface area contributed by atoms with Crippen LogP contribution in [0.1, 0.15) is 103 Å². The molecule has 1 aliphatic carbocycles. The fourth-order valence-corrected chi connectivity index (χ4v) is 7.42. The van der Waals surface area contributed by atoms with E-state index in [0.29, 0.717) is 23.6 Å². The first-order valence-corrected chi connectivity index (χ1v) is 14.9. The number of hydrogen-bond donors (Lipinski definition) is 2. The number of aromatic carboxylic acids is 1. The second kappa shape index (κ2) is 11.5. The van der Waals surface area contributed by atoms with Gasteiger partial charge in [0.25, 0.3) is 11.5 Å². The molecule has 2 saturated heterocycles. The zero-order chi connectivity index (χ0) is 27.6. The Morgan fingerprint density at radius 2 is 1.48 bits per heavy atom. The molecule has 3 heterocycles. The van der Waals surface area contributed by atoms with E-state index in [-0.39, 0.29) is 29.4 Å². The number of hydrogen-bond acceptors (Lipinski definition) is 5. The molecule has 2 bridgehead atoms. The quantitative estimate of drug-likeness (QED) is 0.438. The number of carbonyl (C=O) groups is 2. The van der Waals surface area contributed by atoms with Crippen LogP contribution in [0.15, 0.2) is 53.3 Å². The van der Waals surface area contributed by atoms with E-state index in [9.17, 15) is 14.4 Å². The van der Waals surface area contributed by atoms with Crippen molar-refractivity contribution in [3.8, 4) is 0 Å². The minimum Gasteiger partial charge on any atom is -0.478 e. The summed E-state index contributed by atoms with van der Waals surface area (Å²) in [6.07, 6.45) is 13.5. The minimum absolute atomic E-state index is 0.0396. The van der Waals surface area contributed by atoms with E-state index in [4.69, 9.17) is 5.11 Å². The second-order valence-electron chi connectivity index (χ2n) is 11.8. The number of carboxylic acids is 1. The van der Waals surface area contributed by atoms with E-state index >= 15 is 0 Å². The Bertz CT molecular complexity index is 1430. The highest BCUT2D eigenvalue weighted by Crippen LogP contribution is 2.44. The summed E-state index contributed by atoms with van der Waals surface area (Å²) in [5.41, 5.74) is 1.95. The highest BCUT2D eigenvalue weighted by atomic mass is 16.4. The molecule has 2 unspecified atom stereocenters.